The number of rotatable bonds is 3. The number of primary amides is 1. The van der Waals surface area contributed by atoms with Crippen molar-refractivity contribution in [1.82, 2.24) is 4.98 Å². The minimum Gasteiger partial charge on any atom is -1.00 e. The molecule has 88 valence electrons. The van der Waals surface area contributed by atoms with Crippen LogP contribution in [0.3, 0.4) is 0 Å². The first-order valence-electron chi connectivity index (χ1n) is 4.94. The van der Waals surface area contributed by atoms with Gasteiger partial charge >= 0.3 is 0 Å². The fourth-order valence-corrected chi connectivity index (χ4v) is 1.44. The number of aromatic nitrogens is 2. The van der Waals surface area contributed by atoms with Gasteiger partial charge in [-0.15, -0.1) is 0 Å². The second kappa shape index (κ2) is 5.96. The maximum Gasteiger partial charge on any atom is 0.254 e. The molecule has 4 nitrogen and oxygen atoms in total. The summed E-state index contributed by atoms with van der Waals surface area (Å²) in [7, 11) is 0. The molecule has 0 fully saturated rings. The van der Waals surface area contributed by atoms with Gasteiger partial charge < -0.3 is 18.1 Å². The first kappa shape index (κ1) is 13.1. The van der Waals surface area contributed by atoms with Gasteiger partial charge in [-0.3, -0.25) is 9.78 Å². The third-order valence-corrected chi connectivity index (χ3v) is 2.21. The van der Waals surface area contributed by atoms with Crippen LogP contribution >= 0.6 is 0 Å². The van der Waals surface area contributed by atoms with Crippen LogP contribution in [0.5, 0.6) is 0 Å². The van der Waals surface area contributed by atoms with E-state index in [0.717, 1.165) is 5.69 Å². The summed E-state index contributed by atoms with van der Waals surface area (Å²) in [5, 5.41) is 0. The molecule has 0 bridgehead atoms. The Bertz CT molecular complexity index is 502. The number of halogens is 1. The maximum absolute atomic E-state index is 11.0. The van der Waals surface area contributed by atoms with E-state index < -0.39 is 5.91 Å². The average Bonchev–Trinajstić information content (AvgIpc) is 2.30. The molecule has 5 heteroatoms. The Kier molecular flexibility index (Phi) is 4.60. The van der Waals surface area contributed by atoms with E-state index >= 15 is 0 Å². The van der Waals surface area contributed by atoms with E-state index in [0.29, 0.717) is 12.1 Å². The number of amides is 1. The zero-order valence-electron chi connectivity index (χ0n) is 9.08. The molecule has 2 rings (SSSR count). The predicted molar refractivity (Wildman–Crippen MR) is 58.5 cm³/mol. The summed E-state index contributed by atoms with van der Waals surface area (Å²) >= 11 is 0. The van der Waals surface area contributed by atoms with Crippen LogP contribution in [-0.4, -0.2) is 10.9 Å². The Labute approximate surface area is 106 Å². The van der Waals surface area contributed by atoms with Gasteiger partial charge in [0, 0.05) is 12.3 Å². The van der Waals surface area contributed by atoms with E-state index in [1.165, 1.54) is 0 Å². The number of pyridine rings is 2. The van der Waals surface area contributed by atoms with Crippen LogP contribution in [0.15, 0.2) is 48.9 Å². The van der Waals surface area contributed by atoms with Gasteiger partial charge in [-0.05, 0) is 18.2 Å². The van der Waals surface area contributed by atoms with Crippen molar-refractivity contribution in [3.05, 3.63) is 60.2 Å². The third-order valence-electron chi connectivity index (χ3n) is 2.21. The van der Waals surface area contributed by atoms with Crippen molar-refractivity contribution in [1.29, 1.82) is 0 Å². The molecule has 0 aliphatic carbocycles. The molecule has 0 saturated carbocycles. The van der Waals surface area contributed by atoms with Gasteiger partial charge in [0.1, 0.15) is 11.3 Å². The van der Waals surface area contributed by atoms with E-state index in [9.17, 15) is 4.79 Å². The molecule has 0 radical (unpaired) electrons. The molecule has 2 aromatic rings. The molecular formula is C12H12ClN3O. The minimum absolute atomic E-state index is 0. The molecule has 2 N–H and O–H groups in total. The van der Waals surface area contributed by atoms with Gasteiger partial charge in [-0.25, -0.2) is 0 Å². The lowest BCUT2D eigenvalue weighted by atomic mass is 10.2. The topological polar surface area (TPSA) is 59.9 Å². The van der Waals surface area contributed by atoms with Crippen LogP contribution < -0.4 is 22.7 Å². The predicted octanol–water partition coefficient (Wildman–Crippen LogP) is -2.48. The zero-order valence-corrected chi connectivity index (χ0v) is 9.84. The Hall–Kier alpha value is -1.94. The van der Waals surface area contributed by atoms with Crippen LogP contribution in [0.1, 0.15) is 16.1 Å². The van der Waals surface area contributed by atoms with Crippen molar-refractivity contribution >= 4 is 5.91 Å². The van der Waals surface area contributed by atoms with Crippen molar-refractivity contribution < 1.29 is 21.8 Å². The summed E-state index contributed by atoms with van der Waals surface area (Å²) in [5.74, 6) is -0.421. The van der Waals surface area contributed by atoms with Gasteiger partial charge in [0.15, 0.2) is 18.9 Å². The standard InChI is InChI=1S/C12H11N3O.ClH/c13-12(16)10-4-3-7-15(8-10)9-11-5-1-2-6-14-11;/h1-8H,9H2,(H-,13,16);1H. The highest BCUT2D eigenvalue weighted by Crippen LogP contribution is 1.95. The molecular weight excluding hydrogens is 238 g/mol. The lowest BCUT2D eigenvalue weighted by Gasteiger charge is -1.97. The summed E-state index contributed by atoms with van der Waals surface area (Å²) in [5.41, 5.74) is 6.65. The summed E-state index contributed by atoms with van der Waals surface area (Å²) in [4.78, 5) is 15.2. The van der Waals surface area contributed by atoms with Gasteiger partial charge in [-0.2, -0.15) is 4.57 Å². The number of nitrogens with zero attached hydrogens (tertiary/aromatic N) is 2. The molecule has 0 unspecified atom stereocenters. The van der Waals surface area contributed by atoms with Crippen LogP contribution in [0, 0.1) is 0 Å². The average molecular weight is 250 g/mol. The molecule has 1 amide bonds. The van der Waals surface area contributed by atoms with Crippen molar-refractivity contribution in [3.63, 3.8) is 0 Å². The lowest BCUT2D eigenvalue weighted by Crippen LogP contribution is -3.00. The highest BCUT2D eigenvalue weighted by atomic mass is 35.5. The van der Waals surface area contributed by atoms with Gasteiger partial charge in [0.2, 0.25) is 0 Å². The first-order valence-corrected chi connectivity index (χ1v) is 4.94. The molecule has 0 aliphatic heterocycles. The highest BCUT2D eigenvalue weighted by Gasteiger charge is 2.07. The smallest absolute Gasteiger partial charge is 0.254 e. The van der Waals surface area contributed by atoms with Gasteiger partial charge in [0.05, 0.1) is 0 Å². The second-order valence-corrected chi connectivity index (χ2v) is 3.45. The van der Waals surface area contributed by atoms with Crippen molar-refractivity contribution in [2.24, 2.45) is 5.73 Å². The van der Waals surface area contributed by atoms with Crippen LogP contribution in [-0.2, 0) is 6.54 Å². The minimum atomic E-state index is -0.421. The monoisotopic (exact) mass is 249 g/mol. The van der Waals surface area contributed by atoms with Gasteiger partial charge in [-0.1, -0.05) is 6.07 Å². The van der Waals surface area contributed by atoms with E-state index in [2.05, 4.69) is 4.98 Å². The SMILES string of the molecule is NC(=O)c1ccc[n+](Cc2ccccn2)c1.[Cl-]. The molecule has 0 aromatic carbocycles. The second-order valence-electron chi connectivity index (χ2n) is 3.45. The molecule has 2 aromatic heterocycles. The van der Waals surface area contributed by atoms with Crippen LogP contribution in [0.25, 0.3) is 0 Å². The maximum atomic E-state index is 11.0. The molecule has 0 saturated heterocycles. The summed E-state index contributed by atoms with van der Waals surface area (Å²) in [6, 6.07) is 9.22. The Morgan fingerprint density at radius 3 is 2.76 bits per heavy atom. The highest BCUT2D eigenvalue weighted by molar-refractivity contribution is 5.92. The Morgan fingerprint density at radius 1 is 1.29 bits per heavy atom. The number of nitrogens with two attached hydrogens (primary N) is 1. The number of carbonyl (C=O) groups is 1. The molecule has 17 heavy (non-hydrogen) atoms. The molecule has 0 spiro atoms. The Morgan fingerprint density at radius 2 is 2.12 bits per heavy atom. The third kappa shape index (κ3) is 3.53. The van der Waals surface area contributed by atoms with E-state index in [-0.39, 0.29) is 12.4 Å². The normalized spacial score (nSPS) is 9.41. The van der Waals surface area contributed by atoms with Crippen molar-refractivity contribution in [3.8, 4) is 0 Å². The van der Waals surface area contributed by atoms with E-state index in [1.807, 2.05) is 29.0 Å². The van der Waals surface area contributed by atoms with Crippen molar-refractivity contribution in [2.75, 3.05) is 0 Å². The Balaban J connectivity index is 0.00000144. The van der Waals surface area contributed by atoms with Crippen LogP contribution in [0.4, 0.5) is 0 Å². The first-order chi connectivity index (χ1) is 7.75. The summed E-state index contributed by atoms with van der Waals surface area (Å²) in [6.07, 6.45) is 5.34. The quantitative estimate of drug-likeness (QED) is 0.613. The zero-order chi connectivity index (χ0) is 11.4. The van der Waals surface area contributed by atoms with Crippen molar-refractivity contribution in [2.45, 2.75) is 6.54 Å². The summed E-state index contributed by atoms with van der Waals surface area (Å²) in [6.45, 7) is 0.627. The van der Waals surface area contributed by atoms with E-state index in [1.54, 1.807) is 24.5 Å². The summed E-state index contributed by atoms with van der Waals surface area (Å²) < 4.78 is 1.88. The number of hydrogen-bond donors (Lipinski definition) is 1. The molecule has 0 atom stereocenters. The molecule has 2 heterocycles. The number of hydrogen-bond acceptors (Lipinski definition) is 2. The largest absolute Gasteiger partial charge is 1.00 e. The fourth-order valence-electron chi connectivity index (χ4n) is 1.44. The fraction of sp³-hybridized carbons (Fsp3) is 0.0833. The van der Waals surface area contributed by atoms with Crippen LogP contribution in [0.2, 0.25) is 0 Å². The lowest BCUT2D eigenvalue weighted by molar-refractivity contribution is -0.689. The van der Waals surface area contributed by atoms with E-state index in [4.69, 9.17) is 5.73 Å². The molecule has 0 aliphatic rings. The van der Waals surface area contributed by atoms with Gasteiger partial charge in [0.25, 0.3) is 5.91 Å². The number of carbonyl (C=O) groups excluding carboxylic acids is 1.